The van der Waals surface area contributed by atoms with Crippen LogP contribution in [0.2, 0.25) is 0 Å². The van der Waals surface area contributed by atoms with E-state index in [1.54, 1.807) is 7.11 Å². The summed E-state index contributed by atoms with van der Waals surface area (Å²) in [5.74, 6) is 0. The molecule has 8 nitrogen and oxygen atoms in total. The second kappa shape index (κ2) is 10.4. The topological polar surface area (TPSA) is 74.0 Å². The van der Waals surface area contributed by atoms with Crippen LogP contribution in [0.1, 0.15) is 49.1 Å². The molecule has 2 fully saturated rings. The van der Waals surface area contributed by atoms with Gasteiger partial charge in [0.15, 0.2) is 5.58 Å². The second-order valence-electron chi connectivity index (χ2n) is 11.0. The predicted molar refractivity (Wildman–Crippen MR) is 147 cm³/mol. The van der Waals surface area contributed by atoms with Crippen molar-refractivity contribution in [3.63, 3.8) is 0 Å². The van der Waals surface area contributed by atoms with Gasteiger partial charge in [0.05, 0.1) is 38.0 Å². The Hall–Kier alpha value is -2.75. The average molecular weight is 519 g/mol. The van der Waals surface area contributed by atoms with E-state index < -0.39 is 0 Å². The van der Waals surface area contributed by atoms with E-state index in [-0.39, 0.29) is 23.0 Å². The molecule has 3 aliphatic rings. The van der Waals surface area contributed by atoms with Gasteiger partial charge in [-0.05, 0) is 56.5 Å². The number of piperidine rings is 1. The summed E-state index contributed by atoms with van der Waals surface area (Å²) in [5, 5.41) is 19.0. The Kier molecular flexibility index (Phi) is 7.01. The van der Waals surface area contributed by atoms with Crippen LogP contribution < -0.4 is 4.90 Å². The normalized spacial score (nSPS) is 24.7. The van der Waals surface area contributed by atoms with Crippen molar-refractivity contribution < 1.29 is 18.6 Å². The zero-order chi connectivity index (χ0) is 26.3. The van der Waals surface area contributed by atoms with Crippen LogP contribution >= 0.6 is 0 Å². The van der Waals surface area contributed by atoms with Crippen molar-refractivity contribution in [2.24, 2.45) is 0 Å². The summed E-state index contributed by atoms with van der Waals surface area (Å²) >= 11 is 0. The van der Waals surface area contributed by atoms with Gasteiger partial charge in [0, 0.05) is 43.3 Å². The Labute approximate surface area is 224 Å². The Morgan fingerprint density at radius 2 is 1.92 bits per heavy atom. The molecule has 2 saturated heterocycles. The molecule has 38 heavy (non-hydrogen) atoms. The van der Waals surface area contributed by atoms with Crippen LogP contribution in [0.25, 0.3) is 11.0 Å². The van der Waals surface area contributed by atoms with E-state index in [1.807, 2.05) is 6.92 Å². The predicted octanol–water partition coefficient (Wildman–Crippen LogP) is 4.99. The number of aromatic nitrogens is 1. The van der Waals surface area contributed by atoms with Crippen molar-refractivity contribution in [2.75, 3.05) is 51.8 Å². The van der Waals surface area contributed by atoms with E-state index in [2.05, 4.69) is 70.5 Å². The number of anilines is 1. The molecule has 0 aliphatic carbocycles. The van der Waals surface area contributed by atoms with Crippen LogP contribution in [0.15, 0.2) is 58.8 Å². The van der Waals surface area contributed by atoms with Gasteiger partial charge in [0.1, 0.15) is 18.0 Å². The van der Waals surface area contributed by atoms with Crippen LogP contribution in [0.5, 0.6) is 0 Å². The molecule has 0 amide bonds. The molecule has 3 aromatic rings. The van der Waals surface area contributed by atoms with Gasteiger partial charge in [-0.25, -0.2) is 0 Å². The largest absolute Gasteiger partial charge is 0.628 e. The van der Waals surface area contributed by atoms with E-state index >= 15 is 0 Å². The van der Waals surface area contributed by atoms with Crippen LogP contribution in [-0.4, -0.2) is 73.9 Å². The first kappa shape index (κ1) is 25.5. The third-order valence-electron chi connectivity index (χ3n) is 8.57. The lowest BCUT2D eigenvalue weighted by Crippen LogP contribution is -2.63. The van der Waals surface area contributed by atoms with Crippen molar-refractivity contribution >= 4 is 16.7 Å². The minimum absolute atomic E-state index is 0.0386. The van der Waals surface area contributed by atoms with E-state index in [0.29, 0.717) is 32.7 Å². The molecule has 0 saturated carbocycles. The number of morpholine rings is 1. The molecule has 2 aromatic carbocycles. The van der Waals surface area contributed by atoms with Crippen molar-refractivity contribution in [1.29, 1.82) is 0 Å². The number of ether oxygens (including phenoxy) is 2. The van der Waals surface area contributed by atoms with Gasteiger partial charge in [-0.15, -0.1) is 0 Å². The number of hydrogen-bond acceptors (Lipinski definition) is 7. The minimum Gasteiger partial charge on any atom is -0.628 e. The third kappa shape index (κ3) is 4.76. The smallest absolute Gasteiger partial charge is 0.169 e. The first-order valence-electron chi connectivity index (χ1n) is 13.8. The number of hydroxylamine groups is 3. The van der Waals surface area contributed by atoms with Gasteiger partial charge in [0.25, 0.3) is 0 Å². The summed E-state index contributed by atoms with van der Waals surface area (Å²) in [6.45, 7) is 5.48. The molecular weight excluding hydrogens is 480 g/mol. The van der Waals surface area contributed by atoms with Gasteiger partial charge in [-0.2, -0.15) is 0 Å². The zero-order valence-corrected chi connectivity index (χ0v) is 22.6. The maximum Gasteiger partial charge on any atom is 0.169 e. The Morgan fingerprint density at radius 1 is 1.13 bits per heavy atom. The number of fused-ring (bicyclic) bond motifs is 2. The number of likely N-dealkylation sites (tertiary alicyclic amines) is 1. The van der Waals surface area contributed by atoms with Gasteiger partial charge in [-0.1, -0.05) is 29.4 Å². The van der Waals surface area contributed by atoms with Crippen molar-refractivity contribution in [3.8, 4) is 0 Å². The fourth-order valence-electron chi connectivity index (χ4n) is 6.27. The summed E-state index contributed by atoms with van der Waals surface area (Å²) in [4.78, 5) is 4.65. The SMILES string of the molecule is COC(C)c1ccc(Cc2noc3cc(N4CCOC5C=C([N+]6([O-])CCCCC6)CN(C)C54)ccc23)cc1. The molecule has 202 valence electrons. The van der Waals surface area contributed by atoms with E-state index in [9.17, 15) is 5.21 Å². The van der Waals surface area contributed by atoms with Gasteiger partial charge >= 0.3 is 0 Å². The van der Waals surface area contributed by atoms with Gasteiger partial charge in [0.2, 0.25) is 0 Å². The standard InChI is InChI=1S/C30H38N4O4/c1-21(36-3)23-9-7-22(8-10-23)17-27-26-12-11-24(18-28(26)38-31-27)33-13-16-37-29-19-25(20-32(2)30(29)33)34(35)14-5-4-6-15-34/h7-12,18-19,21,29-30H,4-6,13-17,20H2,1-3H3. The maximum absolute atomic E-state index is 13.5. The molecular formula is C30H38N4O4. The highest BCUT2D eigenvalue weighted by molar-refractivity contribution is 5.83. The van der Waals surface area contributed by atoms with Crippen LogP contribution in [0.3, 0.4) is 0 Å². The zero-order valence-electron chi connectivity index (χ0n) is 22.6. The quantitative estimate of drug-likeness (QED) is 0.336. The first-order valence-corrected chi connectivity index (χ1v) is 13.8. The summed E-state index contributed by atoms with van der Waals surface area (Å²) in [6, 6.07) is 14.9. The number of rotatable bonds is 6. The maximum atomic E-state index is 13.5. The Bertz CT molecular complexity index is 1300. The highest BCUT2D eigenvalue weighted by atomic mass is 16.5. The van der Waals surface area contributed by atoms with Crippen molar-refractivity contribution in [2.45, 2.75) is 51.0 Å². The van der Waals surface area contributed by atoms with Crippen LogP contribution in [-0.2, 0) is 15.9 Å². The van der Waals surface area contributed by atoms with Crippen molar-refractivity contribution in [3.05, 3.63) is 76.3 Å². The van der Waals surface area contributed by atoms with Crippen molar-refractivity contribution in [1.82, 2.24) is 10.1 Å². The molecule has 1 aromatic heterocycles. The molecule has 0 N–H and O–H groups in total. The number of methoxy groups -OCH3 is 1. The van der Waals surface area contributed by atoms with Crippen LogP contribution in [0.4, 0.5) is 5.69 Å². The van der Waals surface area contributed by atoms with Crippen LogP contribution in [0, 0.1) is 5.21 Å². The van der Waals surface area contributed by atoms with E-state index in [1.165, 1.54) is 5.56 Å². The molecule has 0 radical (unpaired) electrons. The number of quaternary nitrogens is 1. The Balaban J connectivity index is 1.22. The molecule has 0 bridgehead atoms. The highest BCUT2D eigenvalue weighted by Gasteiger charge is 2.41. The molecule has 3 atom stereocenters. The number of hydrogen-bond donors (Lipinski definition) is 0. The fourth-order valence-corrected chi connectivity index (χ4v) is 6.27. The molecule has 4 heterocycles. The summed E-state index contributed by atoms with van der Waals surface area (Å²) < 4.78 is 17.2. The lowest BCUT2D eigenvalue weighted by Gasteiger charge is -2.53. The second-order valence-corrected chi connectivity index (χ2v) is 11.0. The molecule has 6 rings (SSSR count). The third-order valence-corrected chi connectivity index (χ3v) is 8.57. The monoisotopic (exact) mass is 518 g/mol. The minimum atomic E-state index is -0.183. The Morgan fingerprint density at radius 3 is 2.68 bits per heavy atom. The highest BCUT2D eigenvalue weighted by Crippen LogP contribution is 2.35. The fraction of sp³-hybridized carbons (Fsp3) is 0.500. The van der Waals surface area contributed by atoms with Gasteiger partial charge < -0.3 is 28.8 Å². The molecule has 0 spiro atoms. The summed E-state index contributed by atoms with van der Waals surface area (Å²) in [6.07, 6.45) is 5.98. The lowest BCUT2D eigenvalue weighted by atomic mass is 10.0. The molecule has 3 aliphatic heterocycles. The average Bonchev–Trinajstić information content (AvgIpc) is 3.34. The number of nitrogens with zero attached hydrogens (tertiary/aromatic N) is 4. The molecule has 3 unspecified atom stereocenters. The summed E-state index contributed by atoms with van der Waals surface area (Å²) in [5.41, 5.74) is 6.11. The van der Waals surface area contributed by atoms with E-state index in [4.69, 9.17) is 14.0 Å². The number of likely N-dealkylation sites (N-methyl/N-ethyl adjacent to an activating group) is 1. The van der Waals surface area contributed by atoms with E-state index in [0.717, 1.165) is 59.4 Å². The molecule has 8 heteroatoms. The van der Waals surface area contributed by atoms with Gasteiger partial charge in [-0.3, -0.25) is 4.90 Å². The lowest BCUT2D eigenvalue weighted by molar-refractivity contribution is -0.849. The first-order chi connectivity index (χ1) is 18.4. The number of benzene rings is 2. The summed E-state index contributed by atoms with van der Waals surface area (Å²) in [7, 11) is 3.83.